The average molecular weight is 691 g/mol. The number of benzene rings is 4. The van der Waals surface area contributed by atoms with E-state index in [-0.39, 0.29) is 22.6 Å². The first-order chi connectivity index (χ1) is 24.0. The number of carbonyl (C=O) groups excluding carboxylic acids is 2. The Hall–Kier alpha value is -4.73. The number of aromatic nitrogens is 2. The number of carboxylic acid groups (broad SMARTS) is 1. The van der Waals surface area contributed by atoms with Gasteiger partial charge < -0.3 is 20.7 Å². The fourth-order valence-corrected chi connectivity index (χ4v) is 7.15. The van der Waals surface area contributed by atoms with Gasteiger partial charge in [-0.15, -0.1) is 0 Å². The molecular weight excluding hydrogens is 645 g/mol. The highest BCUT2D eigenvalue weighted by atomic mass is 32.2. The largest absolute Gasteiger partial charge is 0.478 e. The predicted octanol–water partition coefficient (Wildman–Crippen LogP) is 7.69. The quantitative estimate of drug-likeness (QED) is 0.103. The molecule has 0 radical (unpaired) electrons. The van der Waals surface area contributed by atoms with Gasteiger partial charge in [-0.3, -0.25) is 9.59 Å². The molecule has 8 nitrogen and oxygen atoms in total. The summed E-state index contributed by atoms with van der Waals surface area (Å²) in [6, 6.07) is 27.9. The maximum atomic E-state index is 13.9. The van der Waals surface area contributed by atoms with E-state index in [1.807, 2.05) is 99.6 Å². The van der Waals surface area contributed by atoms with Gasteiger partial charge in [0, 0.05) is 30.3 Å². The minimum Gasteiger partial charge on any atom is -0.478 e. The number of thioether (sulfide) groups is 1. The smallest absolute Gasteiger partial charge is 0.336 e. The Balaban J connectivity index is 1.41. The molecule has 50 heavy (non-hydrogen) atoms. The molecule has 1 heterocycles. The summed E-state index contributed by atoms with van der Waals surface area (Å²) in [7, 11) is 0. The Morgan fingerprint density at radius 3 is 2.32 bits per heavy atom. The molecule has 0 fully saturated rings. The van der Waals surface area contributed by atoms with Crippen molar-refractivity contribution in [1.82, 2.24) is 14.9 Å². The number of hydrogen-bond acceptors (Lipinski definition) is 6. The molecule has 260 valence electrons. The van der Waals surface area contributed by atoms with Gasteiger partial charge in [-0.2, -0.15) is 0 Å². The zero-order chi connectivity index (χ0) is 35.8. The molecule has 1 aromatic heterocycles. The van der Waals surface area contributed by atoms with Crippen LogP contribution in [0.15, 0.2) is 91.0 Å². The van der Waals surface area contributed by atoms with Crippen molar-refractivity contribution in [2.45, 2.75) is 72.0 Å². The number of amides is 1. The van der Waals surface area contributed by atoms with Crippen molar-refractivity contribution in [1.29, 1.82) is 0 Å². The molecule has 0 spiro atoms. The average Bonchev–Trinajstić information content (AvgIpc) is 3.44. The van der Waals surface area contributed by atoms with Crippen molar-refractivity contribution in [2.24, 2.45) is 11.7 Å². The maximum Gasteiger partial charge on any atom is 0.336 e. The van der Waals surface area contributed by atoms with Crippen LogP contribution in [0, 0.1) is 12.8 Å². The van der Waals surface area contributed by atoms with Gasteiger partial charge in [-0.1, -0.05) is 105 Å². The Morgan fingerprint density at radius 2 is 1.64 bits per heavy atom. The third-order valence-corrected chi connectivity index (χ3v) is 9.89. The number of nitrogens with two attached hydrogens (primary N) is 1. The molecule has 0 bridgehead atoms. The minimum atomic E-state index is -0.960. The van der Waals surface area contributed by atoms with Crippen LogP contribution in [-0.4, -0.2) is 49.5 Å². The van der Waals surface area contributed by atoms with Crippen molar-refractivity contribution < 1.29 is 19.5 Å². The number of aryl methyl sites for hydroxylation is 2. The van der Waals surface area contributed by atoms with Crippen molar-refractivity contribution in [3.63, 3.8) is 0 Å². The summed E-state index contributed by atoms with van der Waals surface area (Å²) in [5.41, 5.74) is 13.2. The van der Waals surface area contributed by atoms with E-state index in [1.165, 1.54) is 11.8 Å². The number of fused-ring (bicyclic) bond motifs is 1. The summed E-state index contributed by atoms with van der Waals surface area (Å²) in [5.74, 6) is 0.510. The molecule has 5 aromatic rings. The summed E-state index contributed by atoms with van der Waals surface area (Å²) in [6.07, 6.45) is 2.90. The number of nitrogens with zero attached hydrogens (tertiary/aromatic N) is 2. The highest BCUT2D eigenvalue weighted by Crippen LogP contribution is 2.27. The highest BCUT2D eigenvalue weighted by molar-refractivity contribution is 8.13. The number of aromatic carboxylic acids is 1. The van der Waals surface area contributed by atoms with Gasteiger partial charge in [0.05, 0.1) is 22.6 Å². The second-order valence-corrected chi connectivity index (χ2v) is 14.3. The number of carbonyl (C=O) groups is 3. The first kappa shape index (κ1) is 36.5. The van der Waals surface area contributed by atoms with E-state index in [9.17, 15) is 19.5 Å². The normalized spacial score (nSPS) is 12.6. The number of rotatable bonds is 15. The SMILES string of the molecule is CCCc1nc2c(C)cc(C(=O)NC(CSC(=O)C(N)CC(C)C)Cc3ccccc3)cc2n1Cc1ccc(-c2ccccc2C(=O)O)cc1. The van der Waals surface area contributed by atoms with Gasteiger partial charge in [0.2, 0.25) is 5.12 Å². The van der Waals surface area contributed by atoms with E-state index in [1.54, 1.807) is 12.1 Å². The zero-order valence-electron chi connectivity index (χ0n) is 29.2. The van der Waals surface area contributed by atoms with Crippen LogP contribution >= 0.6 is 11.8 Å². The number of hydrogen-bond donors (Lipinski definition) is 3. The van der Waals surface area contributed by atoms with Crippen molar-refractivity contribution >= 4 is 39.8 Å². The van der Waals surface area contributed by atoms with Gasteiger partial charge in [-0.25, -0.2) is 9.78 Å². The molecule has 0 aliphatic carbocycles. The molecule has 2 atom stereocenters. The van der Waals surface area contributed by atoms with E-state index in [2.05, 4.69) is 16.8 Å². The molecule has 0 aliphatic heterocycles. The molecule has 4 aromatic carbocycles. The van der Waals surface area contributed by atoms with Crippen LogP contribution < -0.4 is 11.1 Å². The van der Waals surface area contributed by atoms with Crippen LogP contribution in [-0.2, 0) is 24.2 Å². The second kappa shape index (κ2) is 16.8. The van der Waals surface area contributed by atoms with Crippen molar-refractivity contribution in [3.8, 4) is 11.1 Å². The Kier molecular flexibility index (Phi) is 12.3. The first-order valence-electron chi connectivity index (χ1n) is 17.2. The Bertz CT molecular complexity index is 1950. The summed E-state index contributed by atoms with van der Waals surface area (Å²) in [5, 5.41) is 12.8. The van der Waals surface area contributed by atoms with Crippen molar-refractivity contribution in [2.75, 3.05) is 5.75 Å². The third kappa shape index (κ3) is 9.08. The van der Waals surface area contributed by atoms with E-state index < -0.39 is 12.0 Å². The lowest BCUT2D eigenvalue weighted by Gasteiger charge is -2.20. The number of imidazole rings is 1. The fraction of sp³-hybridized carbons (Fsp3) is 0.317. The predicted molar refractivity (Wildman–Crippen MR) is 203 cm³/mol. The third-order valence-electron chi connectivity index (χ3n) is 8.74. The highest BCUT2D eigenvalue weighted by Gasteiger charge is 2.22. The van der Waals surface area contributed by atoms with E-state index >= 15 is 0 Å². The van der Waals surface area contributed by atoms with Gasteiger partial charge >= 0.3 is 5.97 Å². The van der Waals surface area contributed by atoms with Gasteiger partial charge in [0.1, 0.15) is 5.82 Å². The van der Waals surface area contributed by atoms with Crippen LogP contribution in [0.5, 0.6) is 0 Å². The molecule has 0 saturated heterocycles. The van der Waals surface area contributed by atoms with E-state index in [0.29, 0.717) is 42.2 Å². The van der Waals surface area contributed by atoms with Crippen LogP contribution in [0.2, 0.25) is 0 Å². The zero-order valence-corrected chi connectivity index (χ0v) is 30.0. The van der Waals surface area contributed by atoms with Crippen molar-refractivity contribution in [3.05, 3.63) is 125 Å². The van der Waals surface area contributed by atoms with Crippen LogP contribution in [0.1, 0.15) is 76.8 Å². The number of nitrogens with one attached hydrogen (secondary N) is 1. The van der Waals surface area contributed by atoms with E-state index in [4.69, 9.17) is 10.7 Å². The van der Waals surface area contributed by atoms with Gasteiger partial charge in [0.25, 0.3) is 5.91 Å². The topological polar surface area (TPSA) is 127 Å². The van der Waals surface area contributed by atoms with E-state index in [0.717, 1.165) is 52.0 Å². The van der Waals surface area contributed by atoms with Crippen LogP contribution in [0.3, 0.4) is 0 Å². The Morgan fingerprint density at radius 1 is 0.940 bits per heavy atom. The molecule has 2 unspecified atom stereocenters. The molecular formula is C41H46N4O4S. The summed E-state index contributed by atoms with van der Waals surface area (Å²) in [6.45, 7) is 8.74. The lowest BCUT2D eigenvalue weighted by atomic mass is 9.98. The molecule has 5 rings (SSSR count). The minimum absolute atomic E-state index is 0.0604. The van der Waals surface area contributed by atoms with Crippen LogP contribution in [0.25, 0.3) is 22.2 Å². The Labute approximate surface area is 298 Å². The monoisotopic (exact) mass is 690 g/mol. The first-order valence-corrected chi connectivity index (χ1v) is 18.2. The molecule has 0 saturated carbocycles. The molecule has 1 amide bonds. The summed E-state index contributed by atoms with van der Waals surface area (Å²) >= 11 is 1.19. The lowest BCUT2D eigenvalue weighted by molar-refractivity contribution is -0.112. The molecule has 0 aliphatic rings. The lowest BCUT2D eigenvalue weighted by Crippen LogP contribution is -2.39. The standard InChI is InChI=1S/C41H46N4O4S/c1-5-11-37-44-38-27(4)21-31(39(46)43-32(22-28-12-7-6-8-13-28)25-50-41(49)35(42)20-26(2)3)23-36(38)45(37)24-29-16-18-30(19-17-29)33-14-9-10-15-34(33)40(47)48/h6-10,12-19,21,23,26,32,35H,5,11,20,22,24-25,42H2,1-4H3,(H,43,46)(H,47,48). The van der Waals surface area contributed by atoms with Gasteiger partial charge in [0.15, 0.2) is 0 Å². The van der Waals surface area contributed by atoms with Crippen LogP contribution in [0.4, 0.5) is 0 Å². The van der Waals surface area contributed by atoms with Gasteiger partial charge in [-0.05, 0) is 78.1 Å². The second-order valence-electron chi connectivity index (χ2n) is 13.3. The summed E-state index contributed by atoms with van der Waals surface area (Å²) in [4.78, 5) is 43.6. The molecule has 4 N–H and O–H groups in total. The summed E-state index contributed by atoms with van der Waals surface area (Å²) < 4.78 is 2.18. The molecule has 9 heteroatoms. The fourth-order valence-electron chi connectivity index (χ4n) is 6.27. The maximum absolute atomic E-state index is 13.9. The number of carboxylic acids is 1.